The SMILES string of the molecule is CN1[C@@H]2CCC[C@H]1C[C@@H](N)C2. The molecule has 2 saturated heterocycles. The van der Waals surface area contributed by atoms with Crippen LogP contribution in [0.2, 0.25) is 0 Å². The van der Waals surface area contributed by atoms with Crippen LogP contribution >= 0.6 is 0 Å². The van der Waals surface area contributed by atoms with Crippen molar-refractivity contribution in [3.8, 4) is 0 Å². The molecule has 2 aliphatic rings. The fourth-order valence-electron chi connectivity index (χ4n) is 2.66. The minimum atomic E-state index is 0.487. The summed E-state index contributed by atoms with van der Waals surface area (Å²) < 4.78 is 0. The lowest BCUT2D eigenvalue weighted by Crippen LogP contribution is -2.53. The first kappa shape index (κ1) is 7.56. The van der Waals surface area contributed by atoms with E-state index in [1.54, 1.807) is 0 Å². The first-order valence-electron chi connectivity index (χ1n) is 4.75. The number of piperidine rings is 2. The van der Waals surface area contributed by atoms with Gasteiger partial charge in [-0.2, -0.15) is 0 Å². The summed E-state index contributed by atoms with van der Waals surface area (Å²) in [7, 11) is 2.26. The van der Waals surface area contributed by atoms with Gasteiger partial charge in [-0.1, -0.05) is 6.42 Å². The van der Waals surface area contributed by atoms with E-state index in [4.69, 9.17) is 5.73 Å². The summed E-state index contributed by atoms with van der Waals surface area (Å²) in [5, 5.41) is 0. The largest absolute Gasteiger partial charge is 0.328 e. The van der Waals surface area contributed by atoms with Crippen LogP contribution in [0.3, 0.4) is 0 Å². The van der Waals surface area contributed by atoms with Crippen molar-refractivity contribution in [1.82, 2.24) is 4.90 Å². The summed E-state index contributed by atoms with van der Waals surface area (Å²) in [6.45, 7) is 0. The highest BCUT2D eigenvalue weighted by molar-refractivity contribution is 4.91. The monoisotopic (exact) mass is 154 g/mol. The highest BCUT2D eigenvalue weighted by Gasteiger charge is 2.34. The first-order chi connectivity index (χ1) is 5.27. The molecular formula is C9H18N2. The van der Waals surface area contributed by atoms with E-state index < -0.39 is 0 Å². The van der Waals surface area contributed by atoms with Gasteiger partial charge in [0.15, 0.2) is 0 Å². The van der Waals surface area contributed by atoms with E-state index in [0.717, 1.165) is 12.1 Å². The molecule has 2 aliphatic heterocycles. The summed E-state index contributed by atoms with van der Waals surface area (Å²) in [6, 6.07) is 2.09. The van der Waals surface area contributed by atoms with Crippen molar-refractivity contribution in [1.29, 1.82) is 0 Å². The molecule has 2 fully saturated rings. The average Bonchev–Trinajstić information content (AvgIpc) is 1.92. The summed E-state index contributed by atoms with van der Waals surface area (Å²) in [6.07, 6.45) is 6.63. The van der Waals surface area contributed by atoms with E-state index in [1.165, 1.54) is 32.1 Å². The Morgan fingerprint density at radius 2 is 1.73 bits per heavy atom. The zero-order valence-corrected chi connectivity index (χ0v) is 7.29. The molecule has 64 valence electrons. The molecular weight excluding hydrogens is 136 g/mol. The van der Waals surface area contributed by atoms with E-state index in [9.17, 15) is 0 Å². The number of hydrogen-bond donors (Lipinski definition) is 1. The van der Waals surface area contributed by atoms with E-state index in [1.807, 2.05) is 0 Å². The molecule has 2 heteroatoms. The topological polar surface area (TPSA) is 29.3 Å². The predicted octanol–water partition coefficient (Wildman–Crippen LogP) is 0.960. The summed E-state index contributed by atoms with van der Waals surface area (Å²) in [4.78, 5) is 2.55. The van der Waals surface area contributed by atoms with Gasteiger partial charge < -0.3 is 10.6 Å². The molecule has 0 aromatic carbocycles. The van der Waals surface area contributed by atoms with E-state index in [2.05, 4.69) is 11.9 Å². The van der Waals surface area contributed by atoms with Gasteiger partial charge in [-0.05, 0) is 32.7 Å². The Labute approximate surface area is 68.7 Å². The minimum Gasteiger partial charge on any atom is -0.328 e. The Morgan fingerprint density at radius 3 is 2.27 bits per heavy atom. The number of fused-ring (bicyclic) bond motifs is 2. The maximum absolute atomic E-state index is 5.96. The van der Waals surface area contributed by atoms with Gasteiger partial charge >= 0.3 is 0 Å². The number of nitrogens with zero attached hydrogens (tertiary/aromatic N) is 1. The molecule has 0 aromatic rings. The molecule has 0 unspecified atom stereocenters. The van der Waals surface area contributed by atoms with Crippen LogP contribution in [0.25, 0.3) is 0 Å². The fourth-order valence-corrected chi connectivity index (χ4v) is 2.66. The molecule has 2 N–H and O–H groups in total. The Kier molecular flexibility index (Phi) is 1.90. The average molecular weight is 154 g/mol. The minimum absolute atomic E-state index is 0.487. The van der Waals surface area contributed by atoms with Crippen molar-refractivity contribution >= 4 is 0 Å². The van der Waals surface area contributed by atoms with Crippen LogP contribution in [-0.4, -0.2) is 30.1 Å². The Balaban J connectivity index is 2.07. The van der Waals surface area contributed by atoms with Crippen LogP contribution in [0, 0.1) is 0 Å². The second kappa shape index (κ2) is 2.76. The zero-order valence-electron chi connectivity index (χ0n) is 7.29. The highest BCUT2D eigenvalue weighted by atomic mass is 15.2. The normalized spacial score (nSPS) is 45.8. The zero-order chi connectivity index (χ0) is 7.84. The van der Waals surface area contributed by atoms with Gasteiger partial charge in [-0.15, -0.1) is 0 Å². The van der Waals surface area contributed by atoms with Crippen LogP contribution in [0.15, 0.2) is 0 Å². The Bertz CT molecular complexity index is 132. The van der Waals surface area contributed by atoms with Crippen molar-refractivity contribution in [3.05, 3.63) is 0 Å². The van der Waals surface area contributed by atoms with Crippen LogP contribution in [0.5, 0.6) is 0 Å². The van der Waals surface area contributed by atoms with Crippen LogP contribution < -0.4 is 5.73 Å². The third-order valence-corrected chi connectivity index (χ3v) is 3.38. The standard InChI is InChI=1S/C9H18N2/c1-11-8-3-2-4-9(11)6-7(10)5-8/h7-9H,2-6,10H2,1H3/t7-,8+,9-. The quantitative estimate of drug-likeness (QED) is 0.563. The van der Waals surface area contributed by atoms with Crippen molar-refractivity contribution in [2.75, 3.05) is 7.05 Å². The smallest absolute Gasteiger partial charge is 0.0110 e. The maximum atomic E-state index is 5.96. The van der Waals surface area contributed by atoms with Crippen LogP contribution in [0.1, 0.15) is 32.1 Å². The predicted molar refractivity (Wildman–Crippen MR) is 46.4 cm³/mol. The first-order valence-corrected chi connectivity index (χ1v) is 4.75. The third kappa shape index (κ3) is 1.30. The summed E-state index contributed by atoms with van der Waals surface area (Å²) in [5.74, 6) is 0. The second-order valence-corrected chi connectivity index (χ2v) is 4.14. The van der Waals surface area contributed by atoms with Crippen LogP contribution in [0.4, 0.5) is 0 Å². The lowest BCUT2D eigenvalue weighted by Gasteiger charge is -2.46. The maximum Gasteiger partial charge on any atom is 0.0110 e. The lowest BCUT2D eigenvalue weighted by atomic mass is 9.83. The molecule has 0 amide bonds. The molecule has 0 spiro atoms. The van der Waals surface area contributed by atoms with Crippen molar-refractivity contribution in [3.63, 3.8) is 0 Å². The molecule has 0 aliphatic carbocycles. The number of rotatable bonds is 0. The molecule has 11 heavy (non-hydrogen) atoms. The van der Waals surface area contributed by atoms with Crippen molar-refractivity contribution in [2.45, 2.75) is 50.2 Å². The number of nitrogens with two attached hydrogens (primary N) is 1. The molecule has 2 heterocycles. The van der Waals surface area contributed by atoms with Gasteiger partial charge in [0.25, 0.3) is 0 Å². The van der Waals surface area contributed by atoms with Gasteiger partial charge in [-0.3, -0.25) is 0 Å². The van der Waals surface area contributed by atoms with E-state index in [0.29, 0.717) is 6.04 Å². The van der Waals surface area contributed by atoms with Gasteiger partial charge in [0.2, 0.25) is 0 Å². The van der Waals surface area contributed by atoms with Crippen molar-refractivity contribution in [2.24, 2.45) is 5.73 Å². The molecule has 2 rings (SSSR count). The third-order valence-electron chi connectivity index (χ3n) is 3.38. The molecule has 2 bridgehead atoms. The van der Waals surface area contributed by atoms with Gasteiger partial charge in [0.1, 0.15) is 0 Å². The molecule has 0 saturated carbocycles. The summed E-state index contributed by atoms with van der Waals surface area (Å²) >= 11 is 0. The molecule has 3 atom stereocenters. The second-order valence-electron chi connectivity index (χ2n) is 4.14. The Morgan fingerprint density at radius 1 is 1.18 bits per heavy atom. The van der Waals surface area contributed by atoms with E-state index in [-0.39, 0.29) is 0 Å². The highest BCUT2D eigenvalue weighted by Crippen LogP contribution is 2.31. The van der Waals surface area contributed by atoms with Gasteiger partial charge in [0.05, 0.1) is 0 Å². The Hall–Kier alpha value is -0.0800. The fraction of sp³-hybridized carbons (Fsp3) is 1.00. The summed E-state index contributed by atoms with van der Waals surface area (Å²) in [5.41, 5.74) is 5.96. The van der Waals surface area contributed by atoms with Crippen molar-refractivity contribution < 1.29 is 0 Å². The molecule has 0 aromatic heterocycles. The van der Waals surface area contributed by atoms with Gasteiger partial charge in [0, 0.05) is 18.1 Å². The van der Waals surface area contributed by atoms with Gasteiger partial charge in [-0.25, -0.2) is 0 Å². The lowest BCUT2D eigenvalue weighted by molar-refractivity contribution is 0.0570. The number of hydrogen-bond acceptors (Lipinski definition) is 2. The molecule has 0 radical (unpaired) electrons. The van der Waals surface area contributed by atoms with Crippen LogP contribution in [-0.2, 0) is 0 Å². The van der Waals surface area contributed by atoms with E-state index >= 15 is 0 Å². The molecule has 2 nitrogen and oxygen atoms in total.